The number of methoxy groups -OCH3 is 2. The first-order chi connectivity index (χ1) is 13.1. The fraction of sp³-hybridized carbons (Fsp3) is 0.500. The second-order valence-corrected chi connectivity index (χ2v) is 7.65. The summed E-state index contributed by atoms with van der Waals surface area (Å²) in [5, 5.41) is 5.53. The number of amides is 1. The molecular formula is C20H27N3O3S. The summed E-state index contributed by atoms with van der Waals surface area (Å²) >= 11 is 1.46. The topological polar surface area (TPSA) is 63.7 Å². The van der Waals surface area contributed by atoms with Crippen molar-refractivity contribution >= 4 is 22.4 Å². The molecule has 0 spiro atoms. The van der Waals surface area contributed by atoms with Gasteiger partial charge in [0.25, 0.3) is 5.91 Å². The van der Waals surface area contributed by atoms with Crippen molar-refractivity contribution in [3.8, 4) is 11.5 Å². The van der Waals surface area contributed by atoms with Crippen molar-refractivity contribution in [2.75, 3.05) is 32.6 Å². The van der Waals surface area contributed by atoms with Crippen LogP contribution >= 0.6 is 11.3 Å². The number of benzene rings is 1. The molecule has 1 N–H and O–H groups in total. The smallest absolute Gasteiger partial charge is 0.257 e. The number of nitrogens with zero attached hydrogens (tertiary/aromatic N) is 2. The van der Waals surface area contributed by atoms with E-state index in [4.69, 9.17) is 9.47 Å². The number of likely N-dealkylation sites (tertiary alicyclic amines) is 1. The van der Waals surface area contributed by atoms with Gasteiger partial charge in [-0.3, -0.25) is 15.0 Å². The molecule has 0 bridgehead atoms. The number of rotatable bonds is 6. The van der Waals surface area contributed by atoms with Crippen LogP contribution in [0.25, 0.3) is 0 Å². The molecule has 1 aliphatic rings. The predicted molar refractivity (Wildman–Crippen MR) is 108 cm³/mol. The van der Waals surface area contributed by atoms with E-state index in [0.717, 1.165) is 30.9 Å². The van der Waals surface area contributed by atoms with Crippen molar-refractivity contribution < 1.29 is 14.3 Å². The van der Waals surface area contributed by atoms with Gasteiger partial charge in [-0.1, -0.05) is 12.8 Å². The van der Waals surface area contributed by atoms with Crippen LogP contribution in [0.4, 0.5) is 5.13 Å². The number of nitrogens with one attached hydrogen (secondary N) is 1. The molecule has 1 aliphatic heterocycles. The Hall–Kier alpha value is -2.12. The molecule has 3 rings (SSSR count). The minimum atomic E-state index is -0.220. The molecule has 7 heteroatoms. The first-order valence-corrected chi connectivity index (χ1v) is 10.2. The zero-order valence-corrected chi connectivity index (χ0v) is 17.0. The minimum Gasteiger partial charge on any atom is -0.496 e. The summed E-state index contributed by atoms with van der Waals surface area (Å²) in [5.74, 6) is 1.03. The molecule has 1 aromatic carbocycles. The van der Waals surface area contributed by atoms with E-state index in [2.05, 4.69) is 15.2 Å². The maximum Gasteiger partial charge on any atom is 0.257 e. The Morgan fingerprint density at radius 2 is 1.78 bits per heavy atom. The van der Waals surface area contributed by atoms with Crippen LogP contribution in [0.3, 0.4) is 0 Å². The Balaban J connectivity index is 1.67. The zero-order valence-electron chi connectivity index (χ0n) is 16.2. The van der Waals surface area contributed by atoms with E-state index >= 15 is 0 Å². The average Bonchev–Trinajstić information content (AvgIpc) is 2.94. The van der Waals surface area contributed by atoms with E-state index in [1.807, 2.05) is 12.3 Å². The lowest BCUT2D eigenvalue weighted by molar-refractivity contribution is 0.102. The van der Waals surface area contributed by atoms with Crippen LogP contribution in [0.5, 0.6) is 11.5 Å². The number of aromatic nitrogens is 1. The number of hydrogen-bond donors (Lipinski definition) is 1. The second-order valence-electron chi connectivity index (χ2n) is 6.79. The Kier molecular flexibility index (Phi) is 6.68. The van der Waals surface area contributed by atoms with Crippen molar-refractivity contribution in [2.45, 2.75) is 39.2 Å². The fourth-order valence-electron chi connectivity index (χ4n) is 3.35. The van der Waals surface area contributed by atoms with Crippen LogP contribution in [0.1, 0.15) is 47.3 Å². The van der Waals surface area contributed by atoms with Gasteiger partial charge in [0, 0.05) is 23.1 Å². The van der Waals surface area contributed by atoms with Gasteiger partial charge in [-0.05, 0) is 45.0 Å². The highest BCUT2D eigenvalue weighted by Gasteiger charge is 2.16. The van der Waals surface area contributed by atoms with E-state index < -0.39 is 0 Å². The van der Waals surface area contributed by atoms with Gasteiger partial charge < -0.3 is 9.47 Å². The molecule has 0 saturated carbocycles. The van der Waals surface area contributed by atoms with E-state index in [0.29, 0.717) is 22.2 Å². The number of anilines is 1. The number of ether oxygens (including phenoxy) is 2. The minimum absolute atomic E-state index is 0.220. The molecular weight excluding hydrogens is 362 g/mol. The third-order valence-corrected chi connectivity index (χ3v) is 5.68. The maximum absolute atomic E-state index is 12.6. The largest absolute Gasteiger partial charge is 0.496 e. The lowest BCUT2D eigenvalue weighted by Gasteiger charge is -2.17. The van der Waals surface area contributed by atoms with Crippen LogP contribution < -0.4 is 14.8 Å². The Labute approximate surface area is 164 Å². The summed E-state index contributed by atoms with van der Waals surface area (Å²) < 4.78 is 10.7. The molecule has 27 heavy (non-hydrogen) atoms. The summed E-state index contributed by atoms with van der Waals surface area (Å²) in [6, 6.07) is 3.44. The molecule has 146 valence electrons. The number of hydrogen-bond acceptors (Lipinski definition) is 6. The molecule has 1 aromatic heterocycles. The van der Waals surface area contributed by atoms with Crippen LogP contribution in [-0.2, 0) is 6.54 Å². The van der Waals surface area contributed by atoms with Crippen molar-refractivity contribution in [3.05, 3.63) is 34.3 Å². The highest BCUT2D eigenvalue weighted by Crippen LogP contribution is 2.30. The number of carbonyl (C=O) groups is 1. The van der Waals surface area contributed by atoms with Gasteiger partial charge >= 0.3 is 0 Å². The van der Waals surface area contributed by atoms with Crippen molar-refractivity contribution in [3.63, 3.8) is 0 Å². The van der Waals surface area contributed by atoms with Crippen molar-refractivity contribution in [2.24, 2.45) is 0 Å². The molecule has 2 aromatic rings. The van der Waals surface area contributed by atoms with Crippen LogP contribution in [0, 0.1) is 6.92 Å². The van der Waals surface area contributed by atoms with Gasteiger partial charge in [-0.25, -0.2) is 4.98 Å². The van der Waals surface area contributed by atoms with E-state index in [1.54, 1.807) is 26.4 Å². The molecule has 0 atom stereocenters. The zero-order chi connectivity index (χ0) is 19.2. The average molecular weight is 390 g/mol. The highest BCUT2D eigenvalue weighted by atomic mass is 32.1. The summed E-state index contributed by atoms with van der Waals surface area (Å²) in [5.41, 5.74) is 2.36. The number of carbonyl (C=O) groups excluding carboxylic acids is 1. The van der Waals surface area contributed by atoms with Gasteiger partial charge in [0.1, 0.15) is 11.5 Å². The van der Waals surface area contributed by atoms with Crippen LogP contribution in [-0.4, -0.2) is 43.1 Å². The Morgan fingerprint density at radius 1 is 1.15 bits per heavy atom. The SMILES string of the molecule is COc1cc(C(=O)Nc2nc(CN3CCCCCC3)cs2)cc(OC)c1C. The standard InChI is InChI=1S/C20H27N3O3S/c1-14-17(25-2)10-15(11-18(14)26-3)19(24)22-20-21-16(13-27-20)12-23-8-6-4-5-7-9-23/h10-11,13H,4-9,12H2,1-3H3,(H,21,22,24). The quantitative estimate of drug-likeness (QED) is 0.806. The maximum atomic E-state index is 12.6. The van der Waals surface area contributed by atoms with Crippen LogP contribution in [0.15, 0.2) is 17.5 Å². The molecule has 0 aliphatic carbocycles. The molecule has 0 radical (unpaired) electrons. The van der Waals surface area contributed by atoms with Gasteiger partial charge in [-0.2, -0.15) is 0 Å². The highest BCUT2D eigenvalue weighted by molar-refractivity contribution is 7.13. The fourth-order valence-corrected chi connectivity index (χ4v) is 4.04. The van der Waals surface area contributed by atoms with E-state index in [1.165, 1.54) is 37.0 Å². The first kappa shape index (κ1) is 19.6. The van der Waals surface area contributed by atoms with Gasteiger partial charge in [0.2, 0.25) is 0 Å². The Morgan fingerprint density at radius 3 is 2.37 bits per heavy atom. The molecule has 1 fully saturated rings. The van der Waals surface area contributed by atoms with E-state index in [-0.39, 0.29) is 5.91 Å². The van der Waals surface area contributed by atoms with Gasteiger partial charge in [0.15, 0.2) is 5.13 Å². The summed E-state index contributed by atoms with van der Waals surface area (Å²) in [7, 11) is 3.17. The molecule has 0 unspecified atom stereocenters. The third kappa shape index (κ3) is 4.99. The lowest BCUT2D eigenvalue weighted by atomic mass is 10.1. The summed E-state index contributed by atoms with van der Waals surface area (Å²) in [4.78, 5) is 19.7. The second kappa shape index (κ2) is 9.19. The number of thiazole rings is 1. The van der Waals surface area contributed by atoms with Crippen molar-refractivity contribution in [1.29, 1.82) is 0 Å². The summed E-state index contributed by atoms with van der Waals surface area (Å²) in [6.07, 6.45) is 5.15. The van der Waals surface area contributed by atoms with E-state index in [9.17, 15) is 4.79 Å². The molecule has 1 amide bonds. The Bertz CT molecular complexity index is 758. The van der Waals surface area contributed by atoms with Gasteiger partial charge in [0.05, 0.1) is 19.9 Å². The van der Waals surface area contributed by atoms with Gasteiger partial charge in [-0.15, -0.1) is 11.3 Å². The predicted octanol–water partition coefficient (Wildman–Crippen LogP) is 4.10. The monoisotopic (exact) mass is 389 g/mol. The molecule has 1 saturated heterocycles. The lowest BCUT2D eigenvalue weighted by Crippen LogP contribution is -2.24. The normalized spacial score (nSPS) is 15.2. The molecule has 2 heterocycles. The van der Waals surface area contributed by atoms with Crippen LogP contribution in [0.2, 0.25) is 0 Å². The molecule has 6 nitrogen and oxygen atoms in total. The van der Waals surface area contributed by atoms with Crippen molar-refractivity contribution in [1.82, 2.24) is 9.88 Å². The third-order valence-electron chi connectivity index (χ3n) is 4.87. The summed E-state index contributed by atoms with van der Waals surface area (Å²) in [6.45, 7) is 5.00. The first-order valence-electron chi connectivity index (χ1n) is 9.31.